The zero-order valence-corrected chi connectivity index (χ0v) is 12.5. The normalized spacial score (nSPS) is 23.2. The van der Waals surface area contributed by atoms with E-state index in [2.05, 4.69) is 37.1 Å². The molecule has 0 radical (unpaired) electrons. The number of piperidine rings is 1. The summed E-state index contributed by atoms with van der Waals surface area (Å²) in [5, 5.41) is 0. The van der Waals surface area contributed by atoms with Gasteiger partial charge in [0.1, 0.15) is 0 Å². The maximum absolute atomic E-state index is 5.52. The number of hydrogen-bond donors (Lipinski definition) is 2. The minimum absolute atomic E-state index is 0.416. The Morgan fingerprint density at radius 3 is 2.57 bits per heavy atom. The molecule has 21 heavy (non-hydrogen) atoms. The topological polar surface area (TPSA) is 92.4 Å². The lowest BCUT2D eigenvalue weighted by Crippen LogP contribution is -2.41. The number of nitrogens with one attached hydrogen (secondary N) is 1. The van der Waals surface area contributed by atoms with E-state index in [0.29, 0.717) is 37.1 Å². The standard InChI is InChI=1S/C13H23N7O/c1-10-4-2-3-5-20(10)13-16-11(18-14)15-12(17-13)19-6-8-21-9-7-19/h10H,2-9,14H2,1H3,(H,15,16,17,18). The summed E-state index contributed by atoms with van der Waals surface area (Å²) in [6.45, 7) is 6.19. The molecule has 8 heteroatoms. The van der Waals surface area contributed by atoms with E-state index in [4.69, 9.17) is 10.6 Å². The Morgan fingerprint density at radius 1 is 1.10 bits per heavy atom. The van der Waals surface area contributed by atoms with E-state index in [1.807, 2.05) is 0 Å². The Kier molecular flexibility index (Phi) is 4.35. The summed E-state index contributed by atoms with van der Waals surface area (Å²) < 4.78 is 5.38. The highest BCUT2D eigenvalue weighted by molar-refractivity contribution is 5.45. The lowest BCUT2D eigenvalue weighted by atomic mass is 10.0. The van der Waals surface area contributed by atoms with Crippen LogP contribution in [-0.4, -0.2) is 53.8 Å². The number of nitrogens with two attached hydrogens (primary N) is 1. The Hall–Kier alpha value is -1.67. The van der Waals surface area contributed by atoms with Crippen LogP contribution in [0.3, 0.4) is 0 Å². The SMILES string of the molecule is CC1CCCCN1c1nc(NN)nc(N2CCOCC2)n1. The van der Waals surface area contributed by atoms with Gasteiger partial charge < -0.3 is 14.5 Å². The van der Waals surface area contributed by atoms with E-state index < -0.39 is 0 Å². The van der Waals surface area contributed by atoms with Gasteiger partial charge in [0.15, 0.2) is 0 Å². The Morgan fingerprint density at radius 2 is 1.86 bits per heavy atom. The van der Waals surface area contributed by atoms with E-state index in [-0.39, 0.29) is 0 Å². The van der Waals surface area contributed by atoms with Crippen LogP contribution in [-0.2, 0) is 4.74 Å². The van der Waals surface area contributed by atoms with Gasteiger partial charge >= 0.3 is 0 Å². The first-order chi connectivity index (χ1) is 10.3. The molecule has 0 saturated carbocycles. The van der Waals surface area contributed by atoms with Crippen molar-refractivity contribution in [1.82, 2.24) is 15.0 Å². The second-order valence-electron chi connectivity index (χ2n) is 5.54. The van der Waals surface area contributed by atoms with Crippen molar-refractivity contribution in [3.05, 3.63) is 0 Å². The fourth-order valence-electron chi connectivity index (χ4n) is 2.85. The number of aromatic nitrogens is 3. The Bertz CT molecular complexity index is 478. The smallest absolute Gasteiger partial charge is 0.243 e. The average molecular weight is 293 g/mol. The molecule has 0 spiro atoms. The molecule has 3 rings (SSSR count). The van der Waals surface area contributed by atoms with Crippen LogP contribution in [0.25, 0.3) is 0 Å². The van der Waals surface area contributed by atoms with Crippen molar-refractivity contribution in [1.29, 1.82) is 0 Å². The van der Waals surface area contributed by atoms with Crippen LogP contribution >= 0.6 is 0 Å². The quantitative estimate of drug-likeness (QED) is 0.610. The molecule has 2 aliphatic rings. The number of nitrogens with zero attached hydrogens (tertiary/aromatic N) is 5. The van der Waals surface area contributed by atoms with Gasteiger partial charge in [0.05, 0.1) is 13.2 Å². The number of morpholine rings is 1. The number of rotatable bonds is 3. The summed E-state index contributed by atoms with van der Waals surface area (Å²) in [7, 11) is 0. The first-order valence-corrected chi connectivity index (χ1v) is 7.60. The van der Waals surface area contributed by atoms with Gasteiger partial charge in [0.25, 0.3) is 0 Å². The zero-order valence-electron chi connectivity index (χ0n) is 12.5. The van der Waals surface area contributed by atoms with Crippen LogP contribution in [0.15, 0.2) is 0 Å². The van der Waals surface area contributed by atoms with Crippen molar-refractivity contribution in [2.24, 2.45) is 5.84 Å². The van der Waals surface area contributed by atoms with Crippen LogP contribution in [0.1, 0.15) is 26.2 Å². The average Bonchev–Trinajstić information content (AvgIpc) is 2.55. The van der Waals surface area contributed by atoms with E-state index >= 15 is 0 Å². The van der Waals surface area contributed by atoms with Crippen molar-refractivity contribution in [3.8, 4) is 0 Å². The van der Waals surface area contributed by atoms with Gasteiger partial charge in [-0.25, -0.2) is 5.84 Å². The molecule has 0 amide bonds. The van der Waals surface area contributed by atoms with Crippen LogP contribution in [0.2, 0.25) is 0 Å². The summed E-state index contributed by atoms with van der Waals surface area (Å²) >= 11 is 0. The molecular formula is C13H23N7O. The molecule has 1 aromatic heterocycles. The second kappa shape index (κ2) is 6.40. The minimum Gasteiger partial charge on any atom is -0.378 e. The third kappa shape index (κ3) is 3.16. The van der Waals surface area contributed by atoms with Crippen LogP contribution in [0, 0.1) is 0 Å². The monoisotopic (exact) mass is 293 g/mol. The van der Waals surface area contributed by atoms with Gasteiger partial charge in [0.2, 0.25) is 17.8 Å². The Balaban J connectivity index is 1.88. The van der Waals surface area contributed by atoms with Crippen molar-refractivity contribution in [2.75, 3.05) is 48.1 Å². The molecule has 2 aliphatic heterocycles. The maximum Gasteiger partial charge on any atom is 0.243 e. The van der Waals surface area contributed by atoms with Gasteiger partial charge in [-0.2, -0.15) is 15.0 Å². The third-order valence-electron chi connectivity index (χ3n) is 4.09. The predicted octanol–water partition coefficient (Wildman–Crippen LogP) is 0.373. The van der Waals surface area contributed by atoms with Gasteiger partial charge in [-0.3, -0.25) is 5.43 Å². The molecule has 3 N–H and O–H groups in total. The van der Waals surface area contributed by atoms with Crippen molar-refractivity contribution in [2.45, 2.75) is 32.2 Å². The number of hydrogen-bond acceptors (Lipinski definition) is 8. The maximum atomic E-state index is 5.52. The van der Waals surface area contributed by atoms with Crippen molar-refractivity contribution >= 4 is 17.8 Å². The third-order valence-corrected chi connectivity index (χ3v) is 4.09. The number of ether oxygens (including phenoxy) is 1. The fraction of sp³-hybridized carbons (Fsp3) is 0.769. The lowest BCUT2D eigenvalue weighted by Gasteiger charge is -2.34. The lowest BCUT2D eigenvalue weighted by molar-refractivity contribution is 0.122. The summed E-state index contributed by atoms with van der Waals surface area (Å²) in [5.41, 5.74) is 2.55. The highest BCUT2D eigenvalue weighted by Gasteiger charge is 2.24. The second-order valence-corrected chi connectivity index (χ2v) is 5.54. The highest BCUT2D eigenvalue weighted by Crippen LogP contribution is 2.24. The first kappa shape index (κ1) is 14.3. The van der Waals surface area contributed by atoms with Gasteiger partial charge in [-0.05, 0) is 26.2 Å². The molecule has 1 aromatic rings. The van der Waals surface area contributed by atoms with Crippen molar-refractivity contribution < 1.29 is 4.74 Å². The van der Waals surface area contributed by atoms with Gasteiger partial charge in [0, 0.05) is 25.7 Å². The van der Waals surface area contributed by atoms with Crippen LogP contribution < -0.4 is 21.1 Å². The molecule has 2 fully saturated rings. The molecule has 1 atom stereocenters. The zero-order chi connectivity index (χ0) is 14.7. The molecule has 3 heterocycles. The van der Waals surface area contributed by atoms with Crippen molar-refractivity contribution in [3.63, 3.8) is 0 Å². The summed E-state index contributed by atoms with van der Waals surface area (Å²) in [6, 6.07) is 0.448. The molecule has 8 nitrogen and oxygen atoms in total. The summed E-state index contributed by atoms with van der Waals surface area (Å²) in [6.07, 6.45) is 3.61. The number of anilines is 3. The molecule has 0 bridgehead atoms. The number of nitrogen functional groups attached to an aromatic ring is 1. The van der Waals surface area contributed by atoms with Gasteiger partial charge in [-0.1, -0.05) is 0 Å². The van der Waals surface area contributed by atoms with E-state index in [1.54, 1.807) is 0 Å². The highest BCUT2D eigenvalue weighted by atomic mass is 16.5. The molecule has 0 aliphatic carbocycles. The molecule has 1 unspecified atom stereocenters. The first-order valence-electron chi connectivity index (χ1n) is 7.60. The molecular weight excluding hydrogens is 270 g/mol. The Labute approximate surface area is 124 Å². The van der Waals surface area contributed by atoms with E-state index in [1.165, 1.54) is 19.3 Å². The van der Waals surface area contributed by atoms with Crippen LogP contribution in [0.4, 0.5) is 17.8 Å². The summed E-state index contributed by atoms with van der Waals surface area (Å²) in [4.78, 5) is 17.8. The largest absolute Gasteiger partial charge is 0.378 e. The molecule has 0 aromatic carbocycles. The van der Waals surface area contributed by atoms with Crippen LogP contribution in [0.5, 0.6) is 0 Å². The van der Waals surface area contributed by atoms with E-state index in [9.17, 15) is 0 Å². The van der Waals surface area contributed by atoms with E-state index in [0.717, 1.165) is 19.6 Å². The minimum atomic E-state index is 0.416. The number of hydrazine groups is 1. The molecule has 116 valence electrons. The molecule has 2 saturated heterocycles. The van der Waals surface area contributed by atoms with Gasteiger partial charge in [-0.15, -0.1) is 0 Å². The fourth-order valence-corrected chi connectivity index (χ4v) is 2.85. The summed E-state index contributed by atoms with van der Waals surface area (Å²) in [5.74, 6) is 7.32. The predicted molar refractivity (Wildman–Crippen MR) is 81.3 cm³/mol.